The van der Waals surface area contributed by atoms with Gasteiger partial charge in [-0.15, -0.1) is 0 Å². The van der Waals surface area contributed by atoms with Gasteiger partial charge in [-0.2, -0.15) is 5.10 Å². The molecule has 0 aliphatic rings. The van der Waals surface area contributed by atoms with E-state index in [2.05, 4.69) is 25.9 Å². The molecule has 0 unspecified atom stereocenters. The number of nitrogens with zero attached hydrogens (tertiary/aromatic N) is 2. The molecule has 3 heteroatoms. The summed E-state index contributed by atoms with van der Waals surface area (Å²) in [6.45, 7) is 8.04. The van der Waals surface area contributed by atoms with Crippen LogP contribution in [-0.4, -0.2) is 23.5 Å². The second-order valence-corrected chi connectivity index (χ2v) is 3.56. The van der Waals surface area contributed by atoms with Gasteiger partial charge >= 0.3 is 0 Å². The highest BCUT2D eigenvalue weighted by molar-refractivity contribution is 5.19. The summed E-state index contributed by atoms with van der Waals surface area (Å²) in [6, 6.07) is 0. The minimum atomic E-state index is 0.552. The first-order valence-electron chi connectivity index (χ1n) is 4.68. The zero-order valence-electron chi connectivity index (χ0n) is 8.87. The molecule has 0 aromatic carbocycles. The molecule has 0 spiro atoms. The second-order valence-electron chi connectivity index (χ2n) is 3.56. The molecule has 0 aliphatic carbocycles. The average molecular weight is 182 g/mol. The van der Waals surface area contributed by atoms with Gasteiger partial charge in [-0.05, 0) is 18.4 Å². The number of methoxy groups -OCH3 is 1. The number of hydrogen-bond donors (Lipinski definition) is 0. The van der Waals surface area contributed by atoms with Crippen LogP contribution in [-0.2, 0) is 11.3 Å². The second kappa shape index (κ2) is 4.42. The number of rotatable bonds is 4. The van der Waals surface area contributed by atoms with Crippen molar-refractivity contribution in [1.29, 1.82) is 0 Å². The van der Waals surface area contributed by atoms with Crippen LogP contribution in [0.1, 0.15) is 31.0 Å². The maximum absolute atomic E-state index is 5.01. The number of ether oxygens (including phenoxy) is 1. The Hall–Kier alpha value is -0.830. The van der Waals surface area contributed by atoms with Crippen LogP contribution in [0.5, 0.6) is 0 Å². The van der Waals surface area contributed by atoms with Gasteiger partial charge in [-0.1, -0.05) is 13.8 Å². The van der Waals surface area contributed by atoms with E-state index in [1.807, 2.05) is 10.9 Å². The van der Waals surface area contributed by atoms with Crippen LogP contribution in [0.3, 0.4) is 0 Å². The van der Waals surface area contributed by atoms with Crippen molar-refractivity contribution in [3.8, 4) is 0 Å². The van der Waals surface area contributed by atoms with Crippen molar-refractivity contribution in [1.82, 2.24) is 9.78 Å². The minimum Gasteiger partial charge on any atom is -0.383 e. The van der Waals surface area contributed by atoms with Crippen molar-refractivity contribution in [2.24, 2.45) is 0 Å². The van der Waals surface area contributed by atoms with E-state index in [1.54, 1.807) is 7.11 Å². The van der Waals surface area contributed by atoms with Crippen LogP contribution in [0.25, 0.3) is 0 Å². The molecule has 0 atom stereocenters. The summed E-state index contributed by atoms with van der Waals surface area (Å²) in [4.78, 5) is 0. The Morgan fingerprint density at radius 1 is 1.54 bits per heavy atom. The zero-order valence-corrected chi connectivity index (χ0v) is 8.87. The smallest absolute Gasteiger partial charge is 0.0658 e. The monoisotopic (exact) mass is 182 g/mol. The Morgan fingerprint density at radius 2 is 2.23 bits per heavy atom. The van der Waals surface area contributed by atoms with E-state index in [1.165, 1.54) is 11.3 Å². The van der Waals surface area contributed by atoms with Crippen LogP contribution in [0, 0.1) is 6.92 Å². The van der Waals surface area contributed by atoms with Crippen LogP contribution < -0.4 is 0 Å². The molecule has 1 aromatic rings. The normalized spacial score (nSPS) is 11.2. The van der Waals surface area contributed by atoms with Crippen molar-refractivity contribution in [2.45, 2.75) is 33.2 Å². The fourth-order valence-electron chi connectivity index (χ4n) is 1.43. The predicted molar refractivity (Wildman–Crippen MR) is 52.9 cm³/mol. The number of aromatic nitrogens is 2. The van der Waals surface area contributed by atoms with Crippen molar-refractivity contribution in [3.63, 3.8) is 0 Å². The molecule has 0 N–H and O–H groups in total. The molecular formula is C10H18N2O. The third kappa shape index (κ3) is 2.31. The van der Waals surface area contributed by atoms with Gasteiger partial charge in [0.25, 0.3) is 0 Å². The molecule has 0 aliphatic heterocycles. The fraction of sp³-hybridized carbons (Fsp3) is 0.700. The minimum absolute atomic E-state index is 0.552. The third-order valence-electron chi connectivity index (χ3n) is 2.27. The molecule has 3 nitrogen and oxygen atoms in total. The molecule has 0 radical (unpaired) electrons. The van der Waals surface area contributed by atoms with E-state index in [4.69, 9.17) is 4.74 Å². The predicted octanol–water partition coefficient (Wildman–Crippen LogP) is 1.96. The standard InChI is InChI=1S/C10H18N2O/c1-8(2)10-7-11-12(9(10)3)5-6-13-4/h7-8H,5-6H2,1-4H3. The lowest BCUT2D eigenvalue weighted by Gasteiger charge is -2.06. The molecule has 1 rings (SSSR count). The molecule has 1 aromatic heterocycles. The quantitative estimate of drug-likeness (QED) is 0.711. The molecule has 1 heterocycles. The van der Waals surface area contributed by atoms with Gasteiger partial charge in [0.1, 0.15) is 0 Å². The van der Waals surface area contributed by atoms with Crippen LogP contribution in [0.4, 0.5) is 0 Å². The summed E-state index contributed by atoms with van der Waals surface area (Å²) >= 11 is 0. The summed E-state index contributed by atoms with van der Waals surface area (Å²) in [5.41, 5.74) is 2.59. The van der Waals surface area contributed by atoms with Gasteiger partial charge < -0.3 is 4.74 Å². The maximum Gasteiger partial charge on any atom is 0.0658 e. The molecule has 13 heavy (non-hydrogen) atoms. The zero-order chi connectivity index (χ0) is 9.84. The first-order valence-corrected chi connectivity index (χ1v) is 4.68. The summed E-state index contributed by atoms with van der Waals surface area (Å²) in [7, 11) is 1.71. The number of hydrogen-bond acceptors (Lipinski definition) is 2. The van der Waals surface area contributed by atoms with Crippen LogP contribution in [0.2, 0.25) is 0 Å². The molecule has 0 amide bonds. The van der Waals surface area contributed by atoms with E-state index in [0.29, 0.717) is 5.92 Å². The Bertz CT molecular complexity index is 266. The lowest BCUT2D eigenvalue weighted by molar-refractivity contribution is 0.183. The van der Waals surface area contributed by atoms with Crippen LogP contribution >= 0.6 is 0 Å². The SMILES string of the molecule is COCCn1ncc(C(C)C)c1C. The van der Waals surface area contributed by atoms with Gasteiger partial charge in [-0.3, -0.25) is 4.68 Å². The van der Waals surface area contributed by atoms with Crippen LogP contribution in [0.15, 0.2) is 6.20 Å². The Labute approximate surface area is 79.7 Å². The van der Waals surface area contributed by atoms with Gasteiger partial charge in [-0.25, -0.2) is 0 Å². The Morgan fingerprint density at radius 3 is 2.69 bits per heavy atom. The molecular weight excluding hydrogens is 164 g/mol. The van der Waals surface area contributed by atoms with Crippen molar-refractivity contribution >= 4 is 0 Å². The molecule has 0 saturated heterocycles. The summed E-state index contributed by atoms with van der Waals surface area (Å²) in [5, 5.41) is 4.31. The van der Waals surface area contributed by atoms with Gasteiger partial charge in [0.05, 0.1) is 19.3 Å². The largest absolute Gasteiger partial charge is 0.383 e. The average Bonchev–Trinajstić information content (AvgIpc) is 2.43. The highest BCUT2D eigenvalue weighted by Crippen LogP contribution is 2.17. The van der Waals surface area contributed by atoms with Crippen molar-refractivity contribution < 1.29 is 4.74 Å². The third-order valence-corrected chi connectivity index (χ3v) is 2.27. The molecule has 0 saturated carbocycles. The van der Waals surface area contributed by atoms with E-state index in [9.17, 15) is 0 Å². The Kier molecular flexibility index (Phi) is 3.48. The van der Waals surface area contributed by atoms with Gasteiger partial charge in [0.15, 0.2) is 0 Å². The van der Waals surface area contributed by atoms with E-state index in [0.717, 1.165) is 13.2 Å². The first-order chi connectivity index (χ1) is 6.16. The van der Waals surface area contributed by atoms with Crippen molar-refractivity contribution in [3.05, 3.63) is 17.5 Å². The highest BCUT2D eigenvalue weighted by atomic mass is 16.5. The maximum atomic E-state index is 5.01. The lowest BCUT2D eigenvalue weighted by atomic mass is 10.1. The van der Waals surface area contributed by atoms with E-state index in [-0.39, 0.29) is 0 Å². The van der Waals surface area contributed by atoms with Gasteiger partial charge in [0, 0.05) is 12.8 Å². The van der Waals surface area contributed by atoms with Gasteiger partial charge in [0.2, 0.25) is 0 Å². The molecule has 74 valence electrons. The summed E-state index contributed by atoms with van der Waals surface area (Å²) in [5.74, 6) is 0.552. The highest BCUT2D eigenvalue weighted by Gasteiger charge is 2.08. The first kappa shape index (κ1) is 10.3. The summed E-state index contributed by atoms with van der Waals surface area (Å²) in [6.07, 6.45) is 1.95. The summed E-state index contributed by atoms with van der Waals surface area (Å²) < 4.78 is 7.01. The lowest BCUT2D eigenvalue weighted by Crippen LogP contribution is -2.07. The topological polar surface area (TPSA) is 27.1 Å². The fourth-order valence-corrected chi connectivity index (χ4v) is 1.43. The molecule has 0 bridgehead atoms. The van der Waals surface area contributed by atoms with E-state index >= 15 is 0 Å². The Balaban J connectivity index is 2.74. The van der Waals surface area contributed by atoms with E-state index < -0.39 is 0 Å². The van der Waals surface area contributed by atoms with Crippen molar-refractivity contribution in [2.75, 3.05) is 13.7 Å². The molecule has 0 fully saturated rings.